The summed E-state index contributed by atoms with van der Waals surface area (Å²) in [6, 6.07) is 0.337. The van der Waals surface area contributed by atoms with Crippen LogP contribution in [0.3, 0.4) is 0 Å². The van der Waals surface area contributed by atoms with Crippen LogP contribution in [0.5, 0.6) is 0 Å². The fourth-order valence-corrected chi connectivity index (χ4v) is 12.7. The van der Waals surface area contributed by atoms with E-state index in [1.54, 1.807) is 13.8 Å². The molecule has 0 heterocycles. The average molecular weight is 811 g/mol. The minimum atomic E-state index is -0.498. The first kappa shape index (κ1) is 48.3. The molecule has 0 saturated heterocycles. The van der Waals surface area contributed by atoms with E-state index < -0.39 is 11.9 Å². The number of rotatable bonds is 26. The highest BCUT2D eigenvalue weighted by atomic mass is 16.5. The lowest BCUT2D eigenvalue weighted by Crippen LogP contribution is -2.55. The molecule has 332 valence electrons. The minimum absolute atomic E-state index is 0.183. The van der Waals surface area contributed by atoms with Crippen LogP contribution < -0.4 is 5.32 Å². The van der Waals surface area contributed by atoms with Gasteiger partial charge in [-0.3, -0.25) is 19.2 Å². The number of nitrogens with zero attached hydrogens (tertiary/aromatic N) is 1. The Morgan fingerprint density at radius 3 is 1.91 bits per heavy atom. The fourth-order valence-electron chi connectivity index (χ4n) is 12.7. The van der Waals surface area contributed by atoms with Crippen LogP contribution >= 0.6 is 0 Å². The summed E-state index contributed by atoms with van der Waals surface area (Å²) in [5, 5.41) is 3.49. The van der Waals surface area contributed by atoms with E-state index in [9.17, 15) is 19.2 Å². The van der Waals surface area contributed by atoms with Gasteiger partial charge < -0.3 is 19.7 Å². The van der Waals surface area contributed by atoms with Crippen molar-refractivity contribution < 1.29 is 28.7 Å². The van der Waals surface area contributed by atoms with Crippen molar-refractivity contribution in [3.63, 3.8) is 0 Å². The third kappa shape index (κ3) is 13.8. The van der Waals surface area contributed by atoms with Crippen LogP contribution in [0.4, 0.5) is 0 Å². The number of carbonyl (C=O) groups excluding carboxylic acids is 4. The second-order valence-electron chi connectivity index (χ2n) is 19.6. The van der Waals surface area contributed by atoms with E-state index in [2.05, 4.69) is 45.2 Å². The zero-order valence-corrected chi connectivity index (χ0v) is 38.1. The van der Waals surface area contributed by atoms with Gasteiger partial charge in [0.25, 0.3) is 0 Å². The van der Waals surface area contributed by atoms with Gasteiger partial charge in [0, 0.05) is 18.9 Å². The molecule has 4 aliphatic rings. The molecule has 5 unspecified atom stereocenters. The Labute approximate surface area is 354 Å². The van der Waals surface area contributed by atoms with Gasteiger partial charge in [-0.1, -0.05) is 91.2 Å². The molecule has 0 bridgehead atoms. The monoisotopic (exact) mass is 811 g/mol. The van der Waals surface area contributed by atoms with Crippen molar-refractivity contribution in [2.45, 2.75) is 208 Å². The van der Waals surface area contributed by atoms with Gasteiger partial charge in [0.1, 0.15) is 13.1 Å². The van der Waals surface area contributed by atoms with Crippen LogP contribution in [0.2, 0.25) is 0 Å². The van der Waals surface area contributed by atoms with Crippen molar-refractivity contribution in [1.82, 2.24) is 10.2 Å². The largest absolute Gasteiger partial charge is 0.465 e. The summed E-state index contributed by atoms with van der Waals surface area (Å²) >= 11 is 0. The number of carbonyl (C=O) groups is 4. The Bertz CT molecular complexity index is 1280. The predicted octanol–water partition coefficient (Wildman–Crippen LogP) is 11.5. The summed E-state index contributed by atoms with van der Waals surface area (Å²) < 4.78 is 10.2. The number of amides is 2. The molecule has 4 saturated carbocycles. The van der Waals surface area contributed by atoms with Gasteiger partial charge in [-0.05, 0) is 156 Å². The second-order valence-corrected chi connectivity index (χ2v) is 19.6. The minimum Gasteiger partial charge on any atom is -0.465 e. The molecule has 8 heteroatoms. The van der Waals surface area contributed by atoms with Crippen molar-refractivity contribution in [3.05, 3.63) is 12.2 Å². The first-order chi connectivity index (χ1) is 28.0. The van der Waals surface area contributed by atoms with E-state index in [4.69, 9.17) is 9.47 Å². The van der Waals surface area contributed by atoms with E-state index in [1.807, 2.05) is 0 Å². The van der Waals surface area contributed by atoms with Gasteiger partial charge in [0.05, 0.1) is 13.2 Å². The molecular formula is C50H86N2O6. The molecule has 4 aliphatic carbocycles. The number of esters is 2. The molecule has 0 aromatic rings. The lowest BCUT2D eigenvalue weighted by atomic mass is 9.44. The van der Waals surface area contributed by atoms with Crippen molar-refractivity contribution in [3.8, 4) is 0 Å². The van der Waals surface area contributed by atoms with Gasteiger partial charge in [-0.15, -0.1) is 0 Å². The molecule has 4 fully saturated rings. The highest BCUT2D eigenvalue weighted by Crippen LogP contribution is 2.68. The number of allylic oxidation sites excluding steroid dienone is 2. The second kappa shape index (κ2) is 24.8. The summed E-state index contributed by atoms with van der Waals surface area (Å²) in [6.45, 7) is 13.3. The lowest BCUT2D eigenvalue weighted by Gasteiger charge is -2.61. The third-order valence-electron chi connectivity index (χ3n) is 15.9. The summed E-state index contributed by atoms with van der Waals surface area (Å²) in [6.07, 6.45) is 34.3. The maximum atomic E-state index is 13.4. The quantitative estimate of drug-likeness (QED) is 0.0530. The molecule has 1 N–H and O–H groups in total. The van der Waals surface area contributed by atoms with Gasteiger partial charge >= 0.3 is 11.9 Å². The van der Waals surface area contributed by atoms with Crippen LogP contribution in [0.25, 0.3) is 0 Å². The normalized spacial score (nSPS) is 29.6. The van der Waals surface area contributed by atoms with Gasteiger partial charge in [0.15, 0.2) is 0 Å². The Hall–Kier alpha value is -2.38. The van der Waals surface area contributed by atoms with Crippen molar-refractivity contribution in [1.29, 1.82) is 0 Å². The SMILES string of the molecule is CCCCCCCC/C=C\CCCCCCCC(=O)N[C@H]1CC[C@@]2(C)C(CCC3C2CC[C@@]2(C)C3CC[C@@H]2C(C)CCC(=O)N(CC(=O)OCC)CC(=O)OCC)C1. The summed E-state index contributed by atoms with van der Waals surface area (Å²) in [5.41, 5.74) is 0.657. The molecule has 4 rings (SSSR count). The number of hydrogen-bond donors (Lipinski definition) is 1. The highest BCUT2D eigenvalue weighted by molar-refractivity contribution is 5.86. The maximum Gasteiger partial charge on any atom is 0.325 e. The maximum absolute atomic E-state index is 13.4. The Balaban J connectivity index is 1.16. The predicted molar refractivity (Wildman–Crippen MR) is 235 cm³/mol. The fraction of sp³-hybridized carbons (Fsp3) is 0.880. The van der Waals surface area contributed by atoms with E-state index in [1.165, 1.54) is 120 Å². The zero-order chi connectivity index (χ0) is 42.0. The number of fused-ring (bicyclic) bond motifs is 5. The zero-order valence-electron chi connectivity index (χ0n) is 38.1. The summed E-state index contributed by atoms with van der Waals surface area (Å²) in [4.78, 5) is 52.2. The number of unbranched alkanes of at least 4 members (excludes halogenated alkanes) is 11. The van der Waals surface area contributed by atoms with Crippen molar-refractivity contribution in [2.24, 2.45) is 46.3 Å². The molecule has 58 heavy (non-hydrogen) atoms. The lowest BCUT2D eigenvalue weighted by molar-refractivity contribution is -0.154. The van der Waals surface area contributed by atoms with Crippen molar-refractivity contribution in [2.75, 3.05) is 26.3 Å². The van der Waals surface area contributed by atoms with Crippen molar-refractivity contribution >= 4 is 23.8 Å². The molecule has 2 amide bonds. The molecule has 0 aromatic heterocycles. The van der Waals surface area contributed by atoms with E-state index in [-0.39, 0.29) is 43.5 Å². The third-order valence-corrected chi connectivity index (χ3v) is 15.9. The van der Waals surface area contributed by atoms with E-state index in [0.717, 1.165) is 49.9 Å². The topological polar surface area (TPSA) is 102 Å². The molecule has 8 nitrogen and oxygen atoms in total. The van der Waals surface area contributed by atoms with Crippen LogP contribution in [0, 0.1) is 46.3 Å². The van der Waals surface area contributed by atoms with E-state index in [0.29, 0.717) is 42.1 Å². The molecule has 0 radical (unpaired) electrons. The van der Waals surface area contributed by atoms with E-state index >= 15 is 0 Å². The van der Waals surface area contributed by atoms with Crippen LogP contribution in [0.1, 0.15) is 202 Å². The Morgan fingerprint density at radius 2 is 1.28 bits per heavy atom. The highest BCUT2D eigenvalue weighted by Gasteiger charge is 2.60. The molecular weight excluding hydrogens is 725 g/mol. The molecule has 9 atom stereocenters. The average Bonchev–Trinajstić information content (AvgIpc) is 3.55. The van der Waals surface area contributed by atoms with Gasteiger partial charge in [-0.2, -0.15) is 0 Å². The number of hydrogen-bond acceptors (Lipinski definition) is 6. The summed E-state index contributed by atoms with van der Waals surface area (Å²) in [5.74, 6) is 3.04. The first-order valence-corrected chi connectivity index (χ1v) is 24.5. The molecule has 0 aromatic carbocycles. The smallest absolute Gasteiger partial charge is 0.325 e. The van der Waals surface area contributed by atoms with Gasteiger partial charge in [-0.25, -0.2) is 0 Å². The Kier molecular flexibility index (Phi) is 20.6. The molecule has 0 spiro atoms. The number of ether oxygens (including phenoxy) is 2. The van der Waals surface area contributed by atoms with Gasteiger partial charge in [0.2, 0.25) is 11.8 Å². The van der Waals surface area contributed by atoms with Crippen LogP contribution in [-0.4, -0.2) is 61.0 Å². The first-order valence-electron chi connectivity index (χ1n) is 24.5. The molecule has 0 aliphatic heterocycles. The van der Waals surface area contributed by atoms with Crippen LogP contribution in [0.15, 0.2) is 12.2 Å². The standard InChI is InChI=1S/C50H86N2O6/c1-7-10-11-12-13-14-15-16-17-18-19-20-21-22-23-24-45(53)51-40-31-33-49(5)39(35-40)26-27-41-43-29-28-42(50(43,6)34-32-44(41)49)38(4)25-30-46(54)52(36-47(55)57-8-2)37-48(56)58-9-3/h16-17,38-44H,7-15,18-37H2,1-6H3,(H,51,53)/b17-16-/t38?,39?,40-,41?,42+,43?,44?,49-,50+/m0/s1. The Morgan fingerprint density at radius 1 is 0.690 bits per heavy atom. The van der Waals surface area contributed by atoms with Crippen LogP contribution in [-0.2, 0) is 28.7 Å². The number of nitrogens with one attached hydrogen (secondary N) is 1. The summed E-state index contributed by atoms with van der Waals surface area (Å²) in [7, 11) is 0.